The fourth-order valence-corrected chi connectivity index (χ4v) is 1.77. The van der Waals surface area contributed by atoms with E-state index < -0.39 is 0 Å². The van der Waals surface area contributed by atoms with Crippen LogP contribution in [0.15, 0.2) is 6.20 Å². The second-order valence-electron chi connectivity index (χ2n) is 3.70. The Kier molecular flexibility index (Phi) is 2.17. The summed E-state index contributed by atoms with van der Waals surface area (Å²) in [7, 11) is 1.89. The summed E-state index contributed by atoms with van der Waals surface area (Å²) in [5.74, 6) is 1.93. The smallest absolute Gasteiger partial charge is 0.142 e. The van der Waals surface area contributed by atoms with Crippen LogP contribution in [0.5, 0.6) is 0 Å². The molecule has 1 saturated carbocycles. The van der Waals surface area contributed by atoms with Gasteiger partial charge in [0.2, 0.25) is 0 Å². The van der Waals surface area contributed by atoms with Crippen LogP contribution in [-0.2, 0) is 5.41 Å². The molecule has 0 atom stereocenters. The molecule has 1 aliphatic rings. The maximum atomic E-state index is 4.49. The summed E-state index contributed by atoms with van der Waals surface area (Å²) in [5.41, 5.74) is 0.260. The zero-order valence-corrected chi connectivity index (χ0v) is 9.92. The minimum Gasteiger partial charge on any atom is -0.372 e. The lowest BCUT2D eigenvalue weighted by Gasteiger charge is -2.09. The highest BCUT2D eigenvalue weighted by atomic mass is 127. The normalized spacial score (nSPS) is 18.4. The van der Waals surface area contributed by atoms with Crippen LogP contribution in [0, 0.1) is 3.57 Å². The average molecular weight is 289 g/mol. The Morgan fingerprint density at radius 2 is 2.23 bits per heavy atom. The summed E-state index contributed by atoms with van der Waals surface area (Å²) in [5, 5.41) is 3.08. The number of aromatic nitrogens is 2. The molecule has 0 aromatic carbocycles. The second kappa shape index (κ2) is 3.08. The Balaban J connectivity index is 2.39. The van der Waals surface area contributed by atoms with E-state index in [0.717, 1.165) is 15.2 Å². The van der Waals surface area contributed by atoms with E-state index in [4.69, 9.17) is 0 Å². The standard InChI is InChI=1S/C9H12IN3/c1-9(3-4-9)8-12-5-6(10)7(11-2)13-8/h5H,3-4H2,1-2H3,(H,11,12,13). The van der Waals surface area contributed by atoms with Crippen molar-refractivity contribution in [3.63, 3.8) is 0 Å². The molecular weight excluding hydrogens is 277 g/mol. The number of anilines is 1. The quantitative estimate of drug-likeness (QED) is 0.848. The Labute approximate surface area is 91.5 Å². The fourth-order valence-electron chi connectivity index (χ4n) is 1.24. The molecule has 1 aromatic heterocycles. The van der Waals surface area contributed by atoms with Crippen LogP contribution < -0.4 is 5.32 Å². The molecule has 2 rings (SSSR count). The first-order valence-corrected chi connectivity index (χ1v) is 5.44. The van der Waals surface area contributed by atoms with Gasteiger partial charge in [-0.15, -0.1) is 0 Å². The molecule has 0 spiro atoms. The Bertz CT molecular complexity index is 334. The van der Waals surface area contributed by atoms with Gasteiger partial charge in [-0.2, -0.15) is 0 Å². The van der Waals surface area contributed by atoms with Crippen LogP contribution in [0.2, 0.25) is 0 Å². The first kappa shape index (κ1) is 9.18. The van der Waals surface area contributed by atoms with Crippen molar-refractivity contribution in [2.45, 2.75) is 25.2 Å². The van der Waals surface area contributed by atoms with Crippen molar-refractivity contribution in [3.8, 4) is 0 Å². The minimum absolute atomic E-state index is 0.260. The monoisotopic (exact) mass is 289 g/mol. The molecule has 70 valence electrons. The number of nitrogens with zero attached hydrogens (tertiary/aromatic N) is 2. The maximum Gasteiger partial charge on any atom is 0.142 e. The maximum absolute atomic E-state index is 4.49. The fraction of sp³-hybridized carbons (Fsp3) is 0.556. The summed E-state index contributed by atoms with van der Waals surface area (Å²) < 4.78 is 1.08. The van der Waals surface area contributed by atoms with E-state index in [1.807, 2.05) is 13.2 Å². The van der Waals surface area contributed by atoms with Gasteiger partial charge in [0, 0.05) is 18.7 Å². The van der Waals surface area contributed by atoms with Gasteiger partial charge in [0.1, 0.15) is 11.6 Å². The predicted octanol–water partition coefficient (Wildman–Crippen LogP) is 2.17. The Morgan fingerprint density at radius 1 is 1.54 bits per heavy atom. The van der Waals surface area contributed by atoms with E-state index in [0.29, 0.717) is 0 Å². The molecule has 3 nitrogen and oxygen atoms in total. The van der Waals surface area contributed by atoms with Gasteiger partial charge in [0.05, 0.1) is 3.57 Å². The Hall–Kier alpha value is -0.390. The first-order chi connectivity index (χ1) is 6.15. The van der Waals surface area contributed by atoms with Gasteiger partial charge < -0.3 is 5.32 Å². The molecule has 1 N–H and O–H groups in total. The van der Waals surface area contributed by atoms with Crippen molar-refractivity contribution in [2.24, 2.45) is 0 Å². The number of nitrogens with one attached hydrogen (secondary N) is 1. The van der Waals surface area contributed by atoms with Crippen molar-refractivity contribution < 1.29 is 0 Å². The van der Waals surface area contributed by atoms with Crippen molar-refractivity contribution in [2.75, 3.05) is 12.4 Å². The average Bonchev–Trinajstić information content (AvgIpc) is 2.86. The predicted molar refractivity (Wildman–Crippen MR) is 60.9 cm³/mol. The van der Waals surface area contributed by atoms with E-state index in [-0.39, 0.29) is 5.41 Å². The Morgan fingerprint density at radius 3 is 2.77 bits per heavy atom. The van der Waals surface area contributed by atoms with Crippen LogP contribution in [0.25, 0.3) is 0 Å². The van der Waals surface area contributed by atoms with Gasteiger partial charge in [-0.25, -0.2) is 9.97 Å². The molecule has 0 saturated heterocycles. The molecule has 4 heteroatoms. The van der Waals surface area contributed by atoms with E-state index >= 15 is 0 Å². The molecule has 1 aromatic rings. The third-order valence-electron chi connectivity index (χ3n) is 2.52. The molecule has 13 heavy (non-hydrogen) atoms. The zero-order valence-electron chi connectivity index (χ0n) is 7.76. The van der Waals surface area contributed by atoms with Crippen molar-refractivity contribution >= 4 is 28.4 Å². The van der Waals surface area contributed by atoms with E-state index in [9.17, 15) is 0 Å². The molecule has 0 radical (unpaired) electrons. The van der Waals surface area contributed by atoms with Gasteiger partial charge in [-0.1, -0.05) is 6.92 Å². The molecule has 1 aliphatic carbocycles. The van der Waals surface area contributed by atoms with Gasteiger partial charge in [-0.3, -0.25) is 0 Å². The van der Waals surface area contributed by atoms with Gasteiger partial charge in [0.15, 0.2) is 0 Å². The third-order valence-corrected chi connectivity index (χ3v) is 3.31. The number of rotatable bonds is 2. The van der Waals surface area contributed by atoms with Crippen molar-refractivity contribution in [3.05, 3.63) is 15.6 Å². The van der Waals surface area contributed by atoms with E-state index in [1.165, 1.54) is 12.8 Å². The number of hydrogen-bond acceptors (Lipinski definition) is 3. The van der Waals surface area contributed by atoms with Crippen LogP contribution in [0.4, 0.5) is 5.82 Å². The first-order valence-electron chi connectivity index (χ1n) is 4.36. The van der Waals surface area contributed by atoms with E-state index in [1.54, 1.807) is 0 Å². The summed E-state index contributed by atoms with van der Waals surface area (Å²) >= 11 is 2.24. The molecular formula is C9H12IN3. The SMILES string of the molecule is CNc1nc(C2(C)CC2)ncc1I. The lowest BCUT2D eigenvalue weighted by molar-refractivity contribution is 0.708. The van der Waals surface area contributed by atoms with Crippen LogP contribution in [0.3, 0.4) is 0 Å². The summed E-state index contributed by atoms with van der Waals surface area (Å²) in [6.07, 6.45) is 4.33. The van der Waals surface area contributed by atoms with Crippen LogP contribution >= 0.6 is 22.6 Å². The highest BCUT2D eigenvalue weighted by Gasteiger charge is 2.42. The highest BCUT2D eigenvalue weighted by Crippen LogP contribution is 2.46. The van der Waals surface area contributed by atoms with E-state index in [2.05, 4.69) is 44.8 Å². The molecule has 0 amide bonds. The van der Waals surface area contributed by atoms with Crippen LogP contribution in [0.1, 0.15) is 25.6 Å². The largest absolute Gasteiger partial charge is 0.372 e. The summed E-state index contributed by atoms with van der Waals surface area (Å²) in [6.45, 7) is 2.22. The van der Waals surface area contributed by atoms with Gasteiger partial charge in [-0.05, 0) is 35.4 Å². The highest BCUT2D eigenvalue weighted by molar-refractivity contribution is 14.1. The number of halogens is 1. The summed E-state index contributed by atoms with van der Waals surface area (Å²) in [6, 6.07) is 0. The second-order valence-corrected chi connectivity index (χ2v) is 4.86. The topological polar surface area (TPSA) is 37.8 Å². The molecule has 0 aliphatic heterocycles. The molecule has 1 heterocycles. The number of hydrogen-bond donors (Lipinski definition) is 1. The lowest BCUT2D eigenvalue weighted by Crippen LogP contribution is -2.09. The molecule has 0 unspecified atom stereocenters. The van der Waals surface area contributed by atoms with Crippen molar-refractivity contribution in [1.29, 1.82) is 0 Å². The molecule has 1 fully saturated rings. The minimum atomic E-state index is 0.260. The molecule has 0 bridgehead atoms. The van der Waals surface area contributed by atoms with Gasteiger partial charge in [0.25, 0.3) is 0 Å². The third kappa shape index (κ3) is 1.63. The zero-order chi connectivity index (χ0) is 9.47. The van der Waals surface area contributed by atoms with Crippen LogP contribution in [-0.4, -0.2) is 17.0 Å². The lowest BCUT2D eigenvalue weighted by atomic mass is 10.1. The van der Waals surface area contributed by atoms with Crippen molar-refractivity contribution in [1.82, 2.24) is 9.97 Å². The van der Waals surface area contributed by atoms with Gasteiger partial charge >= 0.3 is 0 Å². The summed E-state index contributed by atoms with van der Waals surface area (Å²) in [4.78, 5) is 8.86.